The lowest BCUT2D eigenvalue weighted by Crippen LogP contribution is -2.30. The van der Waals surface area contributed by atoms with Crippen LogP contribution in [-0.2, 0) is 0 Å². The molecule has 2 aliphatic rings. The van der Waals surface area contributed by atoms with E-state index in [0.717, 1.165) is 44.9 Å². The number of alkyl halides is 3. The molecule has 1 nitrogen and oxygen atoms in total. The number of hydrogen-bond donors (Lipinski definition) is 0. The standard InChI is InChI=1S/C27H27F7O/c1-2-3-4-15-5-6-17-10-18(8-7-16(17)9-15)19-11-21(28)25(22(29)12-19)20-13-23(30)26(24(31)14-20)35-27(32,33)34/h2,11-18H,1,3-10H2. The maximum absolute atomic E-state index is 15.0. The first-order chi connectivity index (χ1) is 16.6. The van der Waals surface area contributed by atoms with Crippen LogP contribution in [0.1, 0.15) is 62.8 Å². The zero-order valence-electron chi connectivity index (χ0n) is 19.1. The van der Waals surface area contributed by atoms with Crippen molar-refractivity contribution in [1.82, 2.24) is 0 Å². The van der Waals surface area contributed by atoms with Gasteiger partial charge in [0.1, 0.15) is 11.6 Å². The molecule has 4 rings (SSSR count). The third-order valence-corrected chi connectivity index (χ3v) is 7.54. The van der Waals surface area contributed by atoms with E-state index in [9.17, 15) is 30.7 Å². The first-order valence-electron chi connectivity index (χ1n) is 11.9. The molecule has 0 amide bonds. The topological polar surface area (TPSA) is 9.23 Å². The lowest BCUT2D eigenvalue weighted by Gasteiger charge is -2.42. The number of hydrogen-bond acceptors (Lipinski definition) is 1. The van der Waals surface area contributed by atoms with E-state index in [-0.39, 0.29) is 5.92 Å². The van der Waals surface area contributed by atoms with Crippen molar-refractivity contribution in [3.05, 3.63) is 65.8 Å². The minimum Gasteiger partial charge on any atom is -0.399 e. The maximum atomic E-state index is 15.0. The number of ether oxygens (including phenoxy) is 1. The van der Waals surface area contributed by atoms with Crippen molar-refractivity contribution in [3.8, 4) is 16.9 Å². The Bertz CT molecular complexity index is 1030. The van der Waals surface area contributed by atoms with Gasteiger partial charge >= 0.3 is 6.36 Å². The molecule has 2 aliphatic carbocycles. The minimum atomic E-state index is -5.31. The fourth-order valence-corrected chi connectivity index (χ4v) is 5.93. The Hall–Kier alpha value is -2.51. The first kappa shape index (κ1) is 25.6. The van der Waals surface area contributed by atoms with Gasteiger partial charge in [-0.2, -0.15) is 0 Å². The van der Waals surface area contributed by atoms with Crippen LogP contribution >= 0.6 is 0 Å². The van der Waals surface area contributed by atoms with Crippen LogP contribution in [0.25, 0.3) is 11.1 Å². The molecule has 2 saturated carbocycles. The van der Waals surface area contributed by atoms with Gasteiger partial charge in [-0.15, -0.1) is 19.8 Å². The Morgan fingerprint density at radius 1 is 0.829 bits per heavy atom. The molecule has 190 valence electrons. The predicted octanol–water partition coefficient (Wildman–Crippen LogP) is 9.07. The Morgan fingerprint density at radius 2 is 1.43 bits per heavy atom. The van der Waals surface area contributed by atoms with Crippen molar-refractivity contribution in [1.29, 1.82) is 0 Å². The van der Waals surface area contributed by atoms with Gasteiger partial charge in [-0.05, 0) is 104 Å². The van der Waals surface area contributed by atoms with Gasteiger partial charge in [-0.1, -0.05) is 12.5 Å². The van der Waals surface area contributed by atoms with Crippen LogP contribution in [-0.4, -0.2) is 6.36 Å². The molecule has 0 heterocycles. The van der Waals surface area contributed by atoms with Crippen molar-refractivity contribution in [2.24, 2.45) is 17.8 Å². The van der Waals surface area contributed by atoms with Crippen molar-refractivity contribution < 1.29 is 35.5 Å². The maximum Gasteiger partial charge on any atom is 0.573 e. The largest absolute Gasteiger partial charge is 0.573 e. The summed E-state index contributed by atoms with van der Waals surface area (Å²) in [7, 11) is 0. The second kappa shape index (κ2) is 10.2. The highest BCUT2D eigenvalue weighted by molar-refractivity contribution is 5.66. The van der Waals surface area contributed by atoms with Gasteiger partial charge in [-0.25, -0.2) is 17.6 Å². The molecule has 0 aliphatic heterocycles. The van der Waals surface area contributed by atoms with Gasteiger partial charge in [0.05, 0.1) is 5.56 Å². The zero-order valence-corrected chi connectivity index (χ0v) is 19.1. The van der Waals surface area contributed by atoms with Crippen molar-refractivity contribution in [2.75, 3.05) is 0 Å². The van der Waals surface area contributed by atoms with E-state index in [0.29, 0.717) is 35.4 Å². The van der Waals surface area contributed by atoms with E-state index in [1.165, 1.54) is 18.6 Å². The summed E-state index contributed by atoms with van der Waals surface area (Å²) in [4.78, 5) is 0. The highest BCUT2D eigenvalue weighted by Crippen LogP contribution is 2.49. The molecule has 4 unspecified atom stereocenters. The molecule has 0 radical (unpaired) electrons. The summed E-state index contributed by atoms with van der Waals surface area (Å²) < 4.78 is 98.6. The van der Waals surface area contributed by atoms with Gasteiger partial charge in [0.25, 0.3) is 0 Å². The molecule has 0 aromatic heterocycles. The van der Waals surface area contributed by atoms with Crippen LogP contribution in [0.4, 0.5) is 30.7 Å². The Labute approximate surface area is 200 Å². The molecule has 0 N–H and O–H groups in total. The third-order valence-electron chi connectivity index (χ3n) is 7.54. The third kappa shape index (κ3) is 5.84. The molecular weight excluding hydrogens is 473 g/mol. The minimum absolute atomic E-state index is 0.0185. The molecule has 4 atom stereocenters. The lowest BCUT2D eigenvalue weighted by atomic mass is 9.63. The average Bonchev–Trinajstić information content (AvgIpc) is 2.78. The van der Waals surface area contributed by atoms with Crippen molar-refractivity contribution in [2.45, 2.75) is 63.6 Å². The Kier molecular flexibility index (Phi) is 7.48. The average molecular weight is 500 g/mol. The molecule has 2 aromatic carbocycles. The van der Waals surface area contributed by atoms with Crippen molar-refractivity contribution in [3.63, 3.8) is 0 Å². The van der Waals surface area contributed by atoms with Crippen LogP contribution in [0.5, 0.6) is 5.75 Å². The van der Waals surface area contributed by atoms with Gasteiger partial charge in [0.15, 0.2) is 11.6 Å². The van der Waals surface area contributed by atoms with Gasteiger partial charge < -0.3 is 4.74 Å². The first-order valence-corrected chi connectivity index (χ1v) is 11.9. The van der Waals surface area contributed by atoms with E-state index < -0.39 is 46.5 Å². The molecule has 2 aromatic rings. The molecule has 2 fully saturated rings. The van der Waals surface area contributed by atoms with Gasteiger partial charge in [0.2, 0.25) is 5.75 Å². The SMILES string of the molecule is C=CCCC1CCC2CC(c3cc(F)c(-c4cc(F)c(OC(F)(F)F)c(F)c4)c(F)c3)CCC2C1. The quantitative estimate of drug-likeness (QED) is 0.284. The van der Waals surface area contributed by atoms with Crippen LogP contribution in [0.15, 0.2) is 36.9 Å². The second-order valence-corrected chi connectivity index (χ2v) is 9.75. The summed E-state index contributed by atoms with van der Waals surface area (Å²) in [6.45, 7) is 3.79. The molecule has 0 saturated heterocycles. The summed E-state index contributed by atoms with van der Waals surface area (Å²) in [5.74, 6) is -5.31. The highest BCUT2D eigenvalue weighted by atomic mass is 19.4. The van der Waals surface area contributed by atoms with E-state index in [4.69, 9.17) is 0 Å². The fraction of sp³-hybridized carbons (Fsp3) is 0.481. The second-order valence-electron chi connectivity index (χ2n) is 9.75. The van der Waals surface area contributed by atoms with Crippen LogP contribution in [0, 0.1) is 41.0 Å². The lowest BCUT2D eigenvalue weighted by molar-refractivity contribution is -0.276. The number of rotatable bonds is 6. The zero-order chi connectivity index (χ0) is 25.3. The summed E-state index contributed by atoms with van der Waals surface area (Å²) >= 11 is 0. The number of halogens is 7. The van der Waals surface area contributed by atoms with E-state index >= 15 is 0 Å². The number of fused-ring (bicyclic) bond motifs is 1. The fourth-order valence-electron chi connectivity index (χ4n) is 5.93. The van der Waals surface area contributed by atoms with Gasteiger partial charge in [0, 0.05) is 0 Å². The summed E-state index contributed by atoms with van der Waals surface area (Å²) in [6, 6.07) is 3.22. The smallest absolute Gasteiger partial charge is 0.399 e. The molecule has 0 bridgehead atoms. The van der Waals surface area contributed by atoms with Gasteiger partial charge in [-0.3, -0.25) is 0 Å². The normalized spacial score (nSPS) is 24.7. The van der Waals surface area contributed by atoms with E-state index in [1.807, 2.05) is 6.08 Å². The summed E-state index contributed by atoms with van der Waals surface area (Å²) in [6.07, 6.45) is 4.85. The van der Waals surface area contributed by atoms with E-state index in [2.05, 4.69) is 11.3 Å². The Balaban J connectivity index is 1.52. The molecule has 35 heavy (non-hydrogen) atoms. The summed E-state index contributed by atoms with van der Waals surface area (Å²) in [5.41, 5.74) is -0.742. The molecule has 8 heteroatoms. The number of benzene rings is 2. The van der Waals surface area contributed by atoms with Crippen LogP contribution in [0.3, 0.4) is 0 Å². The summed E-state index contributed by atoms with van der Waals surface area (Å²) in [5, 5.41) is 0. The molecular formula is C27H27F7O. The molecule has 0 spiro atoms. The van der Waals surface area contributed by atoms with Crippen LogP contribution < -0.4 is 4.74 Å². The highest BCUT2D eigenvalue weighted by Gasteiger charge is 2.37. The van der Waals surface area contributed by atoms with Crippen LogP contribution in [0.2, 0.25) is 0 Å². The van der Waals surface area contributed by atoms with Crippen molar-refractivity contribution >= 4 is 0 Å². The van der Waals surface area contributed by atoms with E-state index in [1.54, 1.807) is 0 Å². The predicted molar refractivity (Wildman–Crippen MR) is 119 cm³/mol. The monoisotopic (exact) mass is 500 g/mol. The Morgan fingerprint density at radius 3 is 2.03 bits per heavy atom. The number of allylic oxidation sites excluding steroid dienone is 1.